The number of hydrogen-bond donors (Lipinski definition) is 1. The summed E-state index contributed by atoms with van der Waals surface area (Å²) in [5.41, 5.74) is 0.571. The highest BCUT2D eigenvalue weighted by atomic mass is 16.5. The summed E-state index contributed by atoms with van der Waals surface area (Å²) in [5, 5.41) is 3.22. The van der Waals surface area contributed by atoms with Crippen LogP contribution >= 0.6 is 0 Å². The lowest BCUT2D eigenvalue weighted by molar-refractivity contribution is -0.148. The van der Waals surface area contributed by atoms with Gasteiger partial charge in [0.25, 0.3) is 5.91 Å². The van der Waals surface area contributed by atoms with Gasteiger partial charge < -0.3 is 15.0 Å². The molecule has 5 heteroatoms. The quantitative estimate of drug-likeness (QED) is 0.871. The summed E-state index contributed by atoms with van der Waals surface area (Å²) < 4.78 is 5.45. The molecule has 150 valence electrons. The van der Waals surface area contributed by atoms with Crippen LogP contribution in [0.25, 0.3) is 0 Å². The number of rotatable bonds is 4. The molecule has 2 amide bonds. The SMILES string of the molecule is O=C(N[C@@H](C(=O)N1CCOCC1)C12CC3CC(CC(C3)C1)C2)c1ccccc1. The molecule has 0 radical (unpaired) electrons. The highest BCUT2D eigenvalue weighted by molar-refractivity contribution is 5.97. The van der Waals surface area contributed by atoms with E-state index in [9.17, 15) is 9.59 Å². The summed E-state index contributed by atoms with van der Waals surface area (Å²) in [6.07, 6.45) is 7.25. The third-order valence-corrected chi connectivity index (χ3v) is 7.58. The molecule has 6 rings (SSSR count). The lowest BCUT2D eigenvalue weighted by atomic mass is 9.47. The van der Waals surface area contributed by atoms with Gasteiger partial charge in [0.15, 0.2) is 0 Å². The second kappa shape index (κ2) is 7.18. The zero-order valence-electron chi connectivity index (χ0n) is 16.4. The van der Waals surface area contributed by atoms with Gasteiger partial charge in [0.05, 0.1) is 13.2 Å². The van der Waals surface area contributed by atoms with Crippen LogP contribution < -0.4 is 5.32 Å². The fourth-order valence-electron chi connectivity index (χ4n) is 6.78. The highest BCUT2D eigenvalue weighted by Crippen LogP contribution is 2.61. The van der Waals surface area contributed by atoms with E-state index in [0.29, 0.717) is 31.9 Å². The van der Waals surface area contributed by atoms with Gasteiger partial charge in [-0.15, -0.1) is 0 Å². The predicted octanol–water partition coefficient (Wildman–Crippen LogP) is 2.86. The van der Waals surface area contributed by atoms with Crippen LogP contribution in [0, 0.1) is 23.2 Å². The van der Waals surface area contributed by atoms with Crippen LogP contribution in [0.15, 0.2) is 30.3 Å². The van der Waals surface area contributed by atoms with Crippen LogP contribution in [0.1, 0.15) is 48.9 Å². The van der Waals surface area contributed by atoms with Crippen molar-refractivity contribution in [1.29, 1.82) is 0 Å². The summed E-state index contributed by atoms with van der Waals surface area (Å²) >= 11 is 0. The number of amides is 2. The van der Waals surface area contributed by atoms with E-state index in [4.69, 9.17) is 4.74 Å². The first kappa shape index (κ1) is 18.2. The Morgan fingerprint density at radius 3 is 2.11 bits per heavy atom. The van der Waals surface area contributed by atoms with Gasteiger partial charge in [-0.1, -0.05) is 18.2 Å². The first-order valence-corrected chi connectivity index (χ1v) is 10.9. The lowest BCUT2D eigenvalue weighted by Crippen LogP contribution is -2.63. The minimum absolute atomic E-state index is 0.0609. The normalized spacial score (nSPS) is 34.9. The van der Waals surface area contributed by atoms with Gasteiger partial charge in [0.2, 0.25) is 5.91 Å². The third kappa shape index (κ3) is 3.24. The lowest BCUT2D eigenvalue weighted by Gasteiger charge is -2.59. The van der Waals surface area contributed by atoms with Gasteiger partial charge in [0, 0.05) is 24.1 Å². The maximum Gasteiger partial charge on any atom is 0.251 e. The van der Waals surface area contributed by atoms with Gasteiger partial charge in [-0.3, -0.25) is 9.59 Å². The number of benzene rings is 1. The minimum atomic E-state index is -0.410. The van der Waals surface area contributed by atoms with Crippen LogP contribution in [0.5, 0.6) is 0 Å². The molecule has 5 nitrogen and oxygen atoms in total. The zero-order chi connectivity index (χ0) is 19.1. The summed E-state index contributed by atoms with van der Waals surface area (Å²) in [6.45, 7) is 2.43. The largest absolute Gasteiger partial charge is 0.378 e. The molecule has 1 saturated heterocycles. The highest BCUT2D eigenvalue weighted by Gasteiger charge is 2.57. The Kier molecular flexibility index (Phi) is 4.66. The van der Waals surface area contributed by atoms with Gasteiger partial charge in [0.1, 0.15) is 6.04 Å². The Labute approximate surface area is 166 Å². The first-order valence-electron chi connectivity index (χ1n) is 10.9. The molecule has 28 heavy (non-hydrogen) atoms. The number of carbonyl (C=O) groups is 2. The molecular formula is C23H30N2O3. The molecule has 4 saturated carbocycles. The number of ether oxygens (including phenoxy) is 1. The van der Waals surface area contributed by atoms with Gasteiger partial charge in [-0.2, -0.15) is 0 Å². The topological polar surface area (TPSA) is 58.6 Å². The van der Waals surface area contributed by atoms with Crippen LogP contribution in [0.2, 0.25) is 0 Å². The molecular weight excluding hydrogens is 352 g/mol. The molecule has 0 spiro atoms. The predicted molar refractivity (Wildman–Crippen MR) is 106 cm³/mol. The molecule has 1 N–H and O–H groups in total. The van der Waals surface area contributed by atoms with Crippen molar-refractivity contribution in [3.8, 4) is 0 Å². The Bertz CT molecular complexity index is 706. The minimum Gasteiger partial charge on any atom is -0.378 e. The summed E-state index contributed by atoms with van der Waals surface area (Å²) in [6, 6.07) is 8.89. The van der Waals surface area contributed by atoms with Crippen molar-refractivity contribution in [3.05, 3.63) is 35.9 Å². The van der Waals surface area contributed by atoms with Crippen molar-refractivity contribution >= 4 is 11.8 Å². The van der Waals surface area contributed by atoms with E-state index in [1.807, 2.05) is 35.2 Å². The van der Waals surface area contributed by atoms with Crippen molar-refractivity contribution in [3.63, 3.8) is 0 Å². The van der Waals surface area contributed by atoms with E-state index in [1.165, 1.54) is 19.3 Å². The molecule has 0 aromatic heterocycles. The molecule has 1 atom stereocenters. The molecule has 0 unspecified atom stereocenters. The van der Waals surface area contributed by atoms with E-state index < -0.39 is 6.04 Å². The standard InChI is InChI=1S/C23H30N2O3/c26-21(19-4-2-1-3-5-19)24-20(22(27)25-6-8-28-9-7-25)23-13-16-10-17(14-23)12-18(11-16)15-23/h1-5,16-18,20H,6-15H2,(H,24,26)/t16?,17?,18?,20-,23?/m0/s1. The molecule has 5 aliphatic rings. The Morgan fingerprint density at radius 1 is 0.964 bits per heavy atom. The average Bonchev–Trinajstić information content (AvgIpc) is 2.71. The second-order valence-corrected chi connectivity index (χ2v) is 9.49. The van der Waals surface area contributed by atoms with E-state index in [1.54, 1.807) is 0 Å². The maximum atomic E-state index is 13.6. The Morgan fingerprint density at radius 2 is 1.54 bits per heavy atom. The van der Waals surface area contributed by atoms with E-state index in [0.717, 1.165) is 37.0 Å². The van der Waals surface area contributed by atoms with Crippen LogP contribution in [-0.4, -0.2) is 49.1 Å². The second-order valence-electron chi connectivity index (χ2n) is 9.49. The monoisotopic (exact) mass is 382 g/mol. The fraction of sp³-hybridized carbons (Fsp3) is 0.652. The number of nitrogens with zero attached hydrogens (tertiary/aromatic N) is 1. The van der Waals surface area contributed by atoms with Crippen molar-refractivity contribution in [2.24, 2.45) is 23.2 Å². The van der Waals surface area contributed by atoms with Crippen LogP contribution in [-0.2, 0) is 9.53 Å². The summed E-state index contributed by atoms with van der Waals surface area (Å²) in [4.78, 5) is 28.6. The number of nitrogens with one attached hydrogen (secondary N) is 1. The number of carbonyl (C=O) groups excluding carboxylic acids is 2. The van der Waals surface area contributed by atoms with Crippen molar-refractivity contribution < 1.29 is 14.3 Å². The summed E-state index contributed by atoms with van der Waals surface area (Å²) in [5.74, 6) is 2.19. The molecule has 4 bridgehead atoms. The van der Waals surface area contributed by atoms with Crippen molar-refractivity contribution in [1.82, 2.24) is 10.2 Å². The fourth-order valence-corrected chi connectivity index (χ4v) is 6.78. The third-order valence-electron chi connectivity index (χ3n) is 7.58. The van der Waals surface area contributed by atoms with Gasteiger partial charge in [-0.25, -0.2) is 0 Å². The van der Waals surface area contributed by atoms with Gasteiger partial charge >= 0.3 is 0 Å². The zero-order valence-corrected chi connectivity index (χ0v) is 16.4. The molecule has 5 fully saturated rings. The maximum absolute atomic E-state index is 13.6. The Hall–Kier alpha value is -1.88. The first-order chi connectivity index (χ1) is 13.6. The summed E-state index contributed by atoms with van der Waals surface area (Å²) in [7, 11) is 0. The van der Waals surface area contributed by atoms with Crippen molar-refractivity contribution in [2.75, 3.05) is 26.3 Å². The molecule has 4 aliphatic carbocycles. The van der Waals surface area contributed by atoms with Crippen molar-refractivity contribution in [2.45, 2.75) is 44.6 Å². The Balaban J connectivity index is 1.44. The number of morpholine rings is 1. The van der Waals surface area contributed by atoms with Crippen LogP contribution in [0.3, 0.4) is 0 Å². The molecule has 1 aromatic carbocycles. The molecule has 1 aliphatic heterocycles. The number of hydrogen-bond acceptors (Lipinski definition) is 3. The van der Waals surface area contributed by atoms with E-state index in [-0.39, 0.29) is 17.2 Å². The van der Waals surface area contributed by atoms with Gasteiger partial charge in [-0.05, 0) is 68.4 Å². The molecule has 1 heterocycles. The molecule has 1 aromatic rings. The van der Waals surface area contributed by atoms with E-state index >= 15 is 0 Å². The van der Waals surface area contributed by atoms with E-state index in [2.05, 4.69) is 5.32 Å². The smallest absolute Gasteiger partial charge is 0.251 e. The van der Waals surface area contributed by atoms with Crippen LogP contribution in [0.4, 0.5) is 0 Å². The average molecular weight is 383 g/mol.